The highest BCUT2D eigenvalue weighted by Gasteiger charge is 2.24. The molecule has 112 valence electrons. The van der Waals surface area contributed by atoms with Crippen molar-refractivity contribution in [3.63, 3.8) is 0 Å². The van der Waals surface area contributed by atoms with Crippen LogP contribution < -0.4 is 0 Å². The summed E-state index contributed by atoms with van der Waals surface area (Å²) >= 11 is 1.71. The standard InChI is InChI=1S/C15H20N4OS/c1-11(2)15-17-16-13-10-18(7-8-19(13)15)14(20)6-5-12-4-3-9-21-12/h3-4,9,11H,5-8,10H2,1-2H3. The Hall–Kier alpha value is -1.69. The molecule has 2 aromatic heterocycles. The molecule has 0 saturated carbocycles. The molecule has 0 aliphatic carbocycles. The first kappa shape index (κ1) is 14.3. The van der Waals surface area contributed by atoms with Crippen LogP contribution >= 0.6 is 11.3 Å². The van der Waals surface area contributed by atoms with Crippen molar-refractivity contribution in [2.75, 3.05) is 6.54 Å². The number of aromatic nitrogens is 3. The average Bonchev–Trinajstić information content (AvgIpc) is 3.13. The summed E-state index contributed by atoms with van der Waals surface area (Å²) in [6, 6.07) is 4.11. The van der Waals surface area contributed by atoms with E-state index in [2.05, 4.69) is 40.1 Å². The fourth-order valence-electron chi connectivity index (χ4n) is 2.66. The number of carbonyl (C=O) groups excluding carboxylic acids is 1. The van der Waals surface area contributed by atoms with Crippen LogP contribution in [0, 0.1) is 0 Å². The van der Waals surface area contributed by atoms with Gasteiger partial charge in [0.25, 0.3) is 0 Å². The van der Waals surface area contributed by atoms with Crippen LogP contribution in [0.3, 0.4) is 0 Å². The number of rotatable bonds is 4. The maximum absolute atomic E-state index is 12.3. The minimum Gasteiger partial charge on any atom is -0.333 e. The number of nitrogens with zero attached hydrogens (tertiary/aromatic N) is 4. The fraction of sp³-hybridized carbons (Fsp3) is 0.533. The lowest BCUT2D eigenvalue weighted by Crippen LogP contribution is -2.39. The topological polar surface area (TPSA) is 51.0 Å². The number of hydrogen-bond acceptors (Lipinski definition) is 4. The van der Waals surface area contributed by atoms with Crippen LogP contribution in [0.1, 0.15) is 42.7 Å². The molecule has 1 aliphatic rings. The van der Waals surface area contributed by atoms with Crippen molar-refractivity contribution in [2.45, 2.75) is 45.7 Å². The fourth-order valence-corrected chi connectivity index (χ4v) is 3.37. The summed E-state index contributed by atoms with van der Waals surface area (Å²) in [5.74, 6) is 2.51. The molecule has 1 amide bonds. The minimum absolute atomic E-state index is 0.212. The van der Waals surface area contributed by atoms with E-state index in [1.165, 1.54) is 4.88 Å². The number of thiophene rings is 1. The Labute approximate surface area is 128 Å². The molecule has 0 aromatic carbocycles. The molecule has 0 N–H and O–H groups in total. The smallest absolute Gasteiger partial charge is 0.223 e. The van der Waals surface area contributed by atoms with E-state index in [1.807, 2.05) is 11.0 Å². The molecule has 3 rings (SSSR count). The first-order chi connectivity index (χ1) is 10.1. The third-order valence-corrected chi connectivity index (χ3v) is 4.75. The van der Waals surface area contributed by atoms with Gasteiger partial charge in [-0.3, -0.25) is 4.79 Å². The van der Waals surface area contributed by atoms with E-state index in [0.29, 0.717) is 18.9 Å². The highest BCUT2D eigenvalue weighted by atomic mass is 32.1. The van der Waals surface area contributed by atoms with E-state index in [9.17, 15) is 4.79 Å². The number of fused-ring (bicyclic) bond motifs is 1. The Bertz CT molecular complexity index is 618. The van der Waals surface area contributed by atoms with Crippen molar-refractivity contribution in [3.05, 3.63) is 34.0 Å². The second kappa shape index (κ2) is 5.97. The molecular formula is C15H20N4OS. The van der Waals surface area contributed by atoms with Gasteiger partial charge < -0.3 is 9.47 Å². The van der Waals surface area contributed by atoms with Crippen LogP contribution in [0.2, 0.25) is 0 Å². The van der Waals surface area contributed by atoms with Gasteiger partial charge in [0.05, 0.1) is 6.54 Å². The quantitative estimate of drug-likeness (QED) is 0.872. The molecule has 0 spiro atoms. The largest absolute Gasteiger partial charge is 0.333 e. The van der Waals surface area contributed by atoms with Gasteiger partial charge in [0.1, 0.15) is 5.82 Å². The van der Waals surface area contributed by atoms with E-state index in [-0.39, 0.29) is 5.91 Å². The van der Waals surface area contributed by atoms with E-state index in [4.69, 9.17) is 0 Å². The predicted molar refractivity (Wildman–Crippen MR) is 82.2 cm³/mol. The summed E-state index contributed by atoms with van der Waals surface area (Å²) in [4.78, 5) is 15.5. The van der Waals surface area contributed by atoms with Gasteiger partial charge in [0.15, 0.2) is 5.82 Å². The predicted octanol–water partition coefficient (Wildman–Crippen LogP) is 2.44. The van der Waals surface area contributed by atoms with Crippen LogP contribution in [0.4, 0.5) is 0 Å². The van der Waals surface area contributed by atoms with Gasteiger partial charge in [-0.2, -0.15) is 0 Å². The number of amides is 1. The summed E-state index contributed by atoms with van der Waals surface area (Å²) in [7, 11) is 0. The molecule has 0 radical (unpaired) electrons. The molecule has 0 unspecified atom stereocenters. The van der Waals surface area contributed by atoms with Crippen molar-refractivity contribution in [3.8, 4) is 0 Å². The SMILES string of the molecule is CC(C)c1nnc2n1CCN(C(=O)CCc1cccs1)C2. The molecular weight excluding hydrogens is 284 g/mol. The summed E-state index contributed by atoms with van der Waals surface area (Å²) in [5.41, 5.74) is 0. The molecule has 1 aliphatic heterocycles. The molecule has 0 atom stereocenters. The van der Waals surface area contributed by atoms with E-state index < -0.39 is 0 Å². The van der Waals surface area contributed by atoms with Crippen molar-refractivity contribution in [2.24, 2.45) is 0 Å². The summed E-state index contributed by atoms with van der Waals surface area (Å²) in [5, 5.41) is 10.5. The van der Waals surface area contributed by atoms with Crippen molar-refractivity contribution in [1.82, 2.24) is 19.7 Å². The van der Waals surface area contributed by atoms with E-state index in [0.717, 1.165) is 31.2 Å². The van der Waals surface area contributed by atoms with Crippen molar-refractivity contribution in [1.29, 1.82) is 0 Å². The molecule has 0 saturated heterocycles. The first-order valence-electron chi connectivity index (χ1n) is 7.37. The molecule has 0 fully saturated rings. The second-order valence-corrected chi connectivity index (χ2v) is 6.71. The number of carbonyl (C=O) groups is 1. The Morgan fingerprint density at radius 1 is 1.38 bits per heavy atom. The van der Waals surface area contributed by atoms with Crippen LogP contribution in [0.15, 0.2) is 17.5 Å². The average molecular weight is 304 g/mol. The van der Waals surface area contributed by atoms with Gasteiger partial charge in [0, 0.05) is 30.3 Å². The Kier molecular flexibility index (Phi) is 4.05. The summed E-state index contributed by atoms with van der Waals surface area (Å²) in [6.07, 6.45) is 1.41. The van der Waals surface area contributed by atoms with Crippen molar-refractivity contribution >= 4 is 17.2 Å². The molecule has 2 aromatic rings. The zero-order chi connectivity index (χ0) is 14.8. The highest BCUT2D eigenvalue weighted by molar-refractivity contribution is 7.09. The molecule has 5 nitrogen and oxygen atoms in total. The summed E-state index contributed by atoms with van der Waals surface area (Å²) < 4.78 is 2.16. The lowest BCUT2D eigenvalue weighted by molar-refractivity contribution is -0.132. The van der Waals surface area contributed by atoms with Gasteiger partial charge >= 0.3 is 0 Å². The normalized spacial score (nSPS) is 14.5. The van der Waals surface area contributed by atoms with Crippen LogP contribution in [0.25, 0.3) is 0 Å². The lowest BCUT2D eigenvalue weighted by Gasteiger charge is -2.28. The molecule has 6 heteroatoms. The number of hydrogen-bond donors (Lipinski definition) is 0. The minimum atomic E-state index is 0.212. The van der Waals surface area contributed by atoms with Gasteiger partial charge in [-0.25, -0.2) is 0 Å². The lowest BCUT2D eigenvalue weighted by atomic mass is 10.2. The van der Waals surface area contributed by atoms with Gasteiger partial charge in [-0.1, -0.05) is 19.9 Å². The van der Waals surface area contributed by atoms with Gasteiger partial charge in [-0.05, 0) is 17.9 Å². The molecule has 21 heavy (non-hydrogen) atoms. The van der Waals surface area contributed by atoms with Gasteiger partial charge in [-0.15, -0.1) is 21.5 Å². The van der Waals surface area contributed by atoms with Crippen LogP contribution in [-0.4, -0.2) is 32.1 Å². The first-order valence-corrected chi connectivity index (χ1v) is 8.25. The molecule has 0 bridgehead atoms. The Balaban J connectivity index is 1.62. The maximum Gasteiger partial charge on any atom is 0.223 e. The summed E-state index contributed by atoms with van der Waals surface area (Å²) in [6.45, 7) is 6.39. The Morgan fingerprint density at radius 2 is 2.24 bits per heavy atom. The Morgan fingerprint density at radius 3 is 2.95 bits per heavy atom. The van der Waals surface area contributed by atoms with E-state index in [1.54, 1.807) is 11.3 Å². The second-order valence-electron chi connectivity index (χ2n) is 5.68. The third kappa shape index (κ3) is 3.00. The highest BCUT2D eigenvalue weighted by Crippen LogP contribution is 2.19. The van der Waals surface area contributed by atoms with Gasteiger partial charge in [0.2, 0.25) is 5.91 Å². The van der Waals surface area contributed by atoms with E-state index >= 15 is 0 Å². The zero-order valence-electron chi connectivity index (χ0n) is 12.5. The zero-order valence-corrected chi connectivity index (χ0v) is 13.3. The van der Waals surface area contributed by atoms with Crippen LogP contribution in [0.5, 0.6) is 0 Å². The molecule has 3 heterocycles. The third-order valence-electron chi connectivity index (χ3n) is 3.82. The van der Waals surface area contributed by atoms with Crippen LogP contribution in [-0.2, 0) is 24.3 Å². The number of aryl methyl sites for hydroxylation is 1. The van der Waals surface area contributed by atoms with Crippen molar-refractivity contribution < 1.29 is 4.79 Å². The maximum atomic E-state index is 12.3. The monoisotopic (exact) mass is 304 g/mol.